The maximum Gasteiger partial charge on any atom is 0.159 e. The van der Waals surface area contributed by atoms with Crippen LogP contribution in [0.3, 0.4) is 0 Å². The predicted octanol–water partition coefficient (Wildman–Crippen LogP) is 1.65. The third-order valence-corrected chi connectivity index (χ3v) is 2.17. The lowest BCUT2D eigenvalue weighted by atomic mass is 10.2. The van der Waals surface area contributed by atoms with Gasteiger partial charge in [-0.2, -0.15) is 0 Å². The lowest BCUT2D eigenvalue weighted by Gasteiger charge is -2.04. The van der Waals surface area contributed by atoms with Crippen LogP contribution in [-0.2, 0) is 6.61 Å². The van der Waals surface area contributed by atoms with Gasteiger partial charge in [0.1, 0.15) is 5.75 Å². The van der Waals surface area contributed by atoms with Gasteiger partial charge in [0.2, 0.25) is 0 Å². The Kier molecular flexibility index (Phi) is 2.83. The van der Waals surface area contributed by atoms with Gasteiger partial charge >= 0.3 is 0 Å². The van der Waals surface area contributed by atoms with E-state index >= 15 is 0 Å². The zero-order chi connectivity index (χ0) is 11.5. The second kappa shape index (κ2) is 4.28. The molecule has 0 saturated carbocycles. The van der Waals surface area contributed by atoms with Crippen molar-refractivity contribution in [2.24, 2.45) is 0 Å². The van der Waals surface area contributed by atoms with Crippen molar-refractivity contribution >= 4 is 0 Å². The number of nitrogens with zero attached hydrogens (tertiary/aromatic N) is 2. The molecular formula is C12H12N2O2. The Hall–Kier alpha value is -1.94. The second-order valence-corrected chi connectivity index (χ2v) is 3.53. The number of aryl methyl sites for hydroxylation is 1. The molecule has 0 amide bonds. The molecule has 2 rings (SSSR count). The number of hydrogen-bond acceptors (Lipinski definition) is 4. The fourth-order valence-electron chi connectivity index (χ4n) is 1.49. The number of aliphatic hydroxyl groups excluding tert-OH is 1. The Labute approximate surface area is 93.2 Å². The first-order chi connectivity index (χ1) is 7.69. The predicted molar refractivity (Wildman–Crippen MR) is 59.8 cm³/mol. The summed E-state index contributed by atoms with van der Waals surface area (Å²) in [4.78, 5) is 8.45. The van der Waals surface area contributed by atoms with Gasteiger partial charge in [-0.3, -0.25) is 0 Å². The minimum absolute atomic E-state index is 0.116. The molecule has 1 heterocycles. The van der Waals surface area contributed by atoms with Crippen LogP contribution in [0.4, 0.5) is 0 Å². The third kappa shape index (κ3) is 2.17. The smallest absolute Gasteiger partial charge is 0.159 e. The zero-order valence-electron chi connectivity index (χ0n) is 8.88. The van der Waals surface area contributed by atoms with Crippen LogP contribution in [0.5, 0.6) is 5.75 Å². The maximum absolute atomic E-state index is 9.37. The summed E-state index contributed by atoms with van der Waals surface area (Å²) in [5, 5.41) is 18.4. The highest BCUT2D eigenvalue weighted by molar-refractivity contribution is 5.57. The Morgan fingerprint density at radius 2 is 2.00 bits per heavy atom. The SMILES string of the molecule is Cc1cc(CO)nc(-c2cccc(O)c2)n1. The Bertz CT molecular complexity index is 512. The zero-order valence-corrected chi connectivity index (χ0v) is 8.88. The quantitative estimate of drug-likeness (QED) is 0.801. The molecule has 82 valence electrons. The first-order valence-corrected chi connectivity index (χ1v) is 4.94. The summed E-state index contributed by atoms with van der Waals surface area (Å²) in [5.41, 5.74) is 2.10. The molecule has 0 atom stereocenters. The van der Waals surface area contributed by atoms with E-state index in [1.165, 1.54) is 0 Å². The van der Waals surface area contributed by atoms with E-state index in [0.29, 0.717) is 11.5 Å². The number of aromatic hydroxyl groups is 1. The minimum Gasteiger partial charge on any atom is -0.508 e. The summed E-state index contributed by atoms with van der Waals surface area (Å²) >= 11 is 0. The molecule has 0 spiro atoms. The summed E-state index contributed by atoms with van der Waals surface area (Å²) < 4.78 is 0. The number of aliphatic hydroxyl groups is 1. The van der Waals surface area contributed by atoms with Crippen molar-refractivity contribution in [2.75, 3.05) is 0 Å². The van der Waals surface area contributed by atoms with Crippen LogP contribution in [0.2, 0.25) is 0 Å². The van der Waals surface area contributed by atoms with Gasteiger partial charge < -0.3 is 10.2 Å². The van der Waals surface area contributed by atoms with Crippen molar-refractivity contribution in [3.63, 3.8) is 0 Å². The third-order valence-electron chi connectivity index (χ3n) is 2.17. The molecule has 1 aromatic heterocycles. The lowest BCUT2D eigenvalue weighted by molar-refractivity contribution is 0.276. The molecule has 4 nitrogen and oxygen atoms in total. The molecule has 16 heavy (non-hydrogen) atoms. The van der Waals surface area contributed by atoms with Crippen LogP contribution < -0.4 is 0 Å². The molecule has 0 fully saturated rings. The molecule has 2 aromatic rings. The summed E-state index contributed by atoms with van der Waals surface area (Å²) in [6, 6.07) is 8.46. The standard InChI is InChI=1S/C12H12N2O2/c1-8-5-10(7-15)14-12(13-8)9-3-2-4-11(16)6-9/h2-6,15-16H,7H2,1H3. The fourth-order valence-corrected chi connectivity index (χ4v) is 1.49. The van der Waals surface area contributed by atoms with E-state index in [1.807, 2.05) is 13.0 Å². The normalized spacial score (nSPS) is 10.4. The van der Waals surface area contributed by atoms with E-state index in [2.05, 4.69) is 9.97 Å². The van der Waals surface area contributed by atoms with Gasteiger partial charge in [0.05, 0.1) is 12.3 Å². The molecule has 2 N–H and O–H groups in total. The van der Waals surface area contributed by atoms with Gasteiger partial charge in [0.15, 0.2) is 5.82 Å². The summed E-state index contributed by atoms with van der Waals surface area (Å²) in [7, 11) is 0. The maximum atomic E-state index is 9.37. The van der Waals surface area contributed by atoms with Crippen LogP contribution in [0.1, 0.15) is 11.4 Å². The second-order valence-electron chi connectivity index (χ2n) is 3.53. The first kappa shape index (κ1) is 10.6. The molecule has 0 radical (unpaired) electrons. The Morgan fingerprint density at radius 3 is 2.69 bits per heavy atom. The van der Waals surface area contributed by atoms with E-state index in [1.54, 1.807) is 24.3 Å². The summed E-state index contributed by atoms with van der Waals surface area (Å²) in [6.45, 7) is 1.72. The number of phenolic OH excluding ortho intramolecular Hbond substituents is 1. The average Bonchev–Trinajstić information content (AvgIpc) is 2.28. The molecule has 0 unspecified atom stereocenters. The molecule has 0 aliphatic carbocycles. The van der Waals surface area contributed by atoms with Crippen molar-refractivity contribution < 1.29 is 10.2 Å². The molecule has 0 aliphatic heterocycles. The highest BCUT2D eigenvalue weighted by Gasteiger charge is 2.04. The van der Waals surface area contributed by atoms with Crippen molar-refractivity contribution in [3.05, 3.63) is 41.7 Å². The lowest BCUT2D eigenvalue weighted by Crippen LogP contribution is -1.97. The number of phenols is 1. The topological polar surface area (TPSA) is 66.2 Å². The van der Waals surface area contributed by atoms with Crippen LogP contribution in [0.25, 0.3) is 11.4 Å². The van der Waals surface area contributed by atoms with Crippen molar-refractivity contribution in [1.82, 2.24) is 9.97 Å². The molecule has 1 aromatic carbocycles. The van der Waals surface area contributed by atoms with Gasteiger partial charge in [-0.25, -0.2) is 9.97 Å². The molecule has 0 saturated heterocycles. The highest BCUT2D eigenvalue weighted by atomic mass is 16.3. The summed E-state index contributed by atoms with van der Waals surface area (Å²) in [6.07, 6.45) is 0. The molecular weight excluding hydrogens is 204 g/mol. The van der Waals surface area contributed by atoms with Crippen LogP contribution >= 0.6 is 0 Å². The number of benzene rings is 1. The number of hydrogen-bond donors (Lipinski definition) is 2. The van der Waals surface area contributed by atoms with E-state index in [-0.39, 0.29) is 12.4 Å². The van der Waals surface area contributed by atoms with E-state index in [4.69, 9.17) is 5.11 Å². The van der Waals surface area contributed by atoms with Crippen LogP contribution in [0.15, 0.2) is 30.3 Å². The van der Waals surface area contributed by atoms with E-state index in [9.17, 15) is 5.11 Å². The van der Waals surface area contributed by atoms with Crippen molar-refractivity contribution in [2.45, 2.75) is 13.5 Å². The van der Waals surface area contributed by atoms with Crippen molar-refractivity contribution in [3.8, 4) is 17.1 Å². The van der Waals surface area contributed by atoms with Crippen molar-refractivity contribution in [1.29, 1.82) is 0 Å². The monoisotopic (exact) mass is 216 g/mol. The largest absolute Gasteiger partial charge is 0.508 e. The number of aromatic nitrogens is 2. The first-order valence-electron chi connectivity index (χ1n) is 4.94. The van der Waals surface area contributed by atoms with Gasteiger partial charge in [0.25, 0.3) is 0 Å². The van der Waals surface area contributed by atoms with E-state index < -0.39 is 0 Å². The van der Waals surface area contributed by atoms with Gasteiger partial charge in [-0.1, -0.05) is 12.1 Å². The van der Waals surface area contributed by atoms with E-state index in [0.717, 1.165) is 11.3 Å². The molecule has 0 bridgehead atoms. The highest BCUT2D eigenvalue weighted by Crippen LogP contribution is 2.20. The summed E-state index contributed by atoms with van der Waals surface area (Å²) in [5.74, 6) is 0.688. The Balaban J connectivity index is 2.51. The fraction of sp³-hybridized carbons (Fsp3) is 0.167. The average molecular weight is 216 g/mol. The number of rotatable bonds is 2. The van der Waals surface area contributed by atoms with Gasteiger partial charge in [-0.05, 0) is 25.1 Å². The molecule has 4 heteroatoms. The van der Waals surface area contributed by atoms with Crippen LogP contribution in [-0.4, -0.2) is 20.2 Å². The molecule has 0 aliphatic rings. The minimum atomic E-state index is -0.116. The Morgan fingerprint density at radius 1 is 1.19 bits per heavy atom. The van der Waals surface area contributed by atoms with Crippen LogP contribution in [0, 0.1) is 6.92 Å². The van der Waals surface area contributed by atoms with Gasteiger partial charge in [0, 0.05) is 11.3 Å². The van der Waals surface area contributed by atoms with Gasteiger partial charge in [-0.15, -0.1) is 0 Å².